The van der Waals surface area contributed by atoms with E-state index in [1.807, 2.05) is 0 Å². The lowest BCUT2D eigenvalue weighted by atomic mass is 10.0. The molecule has 0 heterocycles. The van der Waals surface area contributed by atoms with Crippen LogP contribution in [0.5, 0.6) is 0 Å². The third kappa shape index (κ3) is 43.9. The van der Waals surface area contributed by atoms with Crippen LogP contribution in [0.15, 0.2) is 24.3 Å². The molecular weight excluding hydrogens is 737 g/mol. The number of phosphoric ester groups is 1. The summed E-state index contributed by atoms with van der Waals surface area (Å²) in [5.74, 6) is -0.823. The first-order chi connectivity index (χ1) is 27.8. The molecule has 0 spiro atoms. The molecule has 10 heteroatoms. The van der Waals surface area contributed by atoms with Crippen LogP contribution in [0.1, 0.15) is 232 Å². The van der Waals surface area contributed by atoms with Crippen LogP contribution in [0.4, 0.5) is 0 Å². The Morgan fingerprint density at radius 2 is 0.877 bits per heavy atom. The zero-order valence-electron chi connectivity index (χ0n) is 37.1. The minimum Gasteiger partial charge on any atom is -0.462 e. The molecule has 0 saturated carbocycles. The minimum atomic E-state index is -4.38. The maximum atomic E-state index is 12.6. The fourth-order valence-corrected chi connectivity index (χ4v) is 7.49. The Hall–Kier alpha value is -1.51. The molecule has 0 aliphatic heterocycles. The Morgan fingerprint density at radius 1 is 0.509 bits per heavy atom. The lowest BCUT2D eigenvalue weighted by molar-refractivity contribution is -0.161. The molecule has 57 heavy (non-hydrogen) atoms. The van der Waals surface area contributed by atoms with Crippen LogP contribution in [0, 0.1) is 0 Å². The van der Waals surface area contributed by atoms with Crippen molar-refractivity contribution in [3.63, 3.8) is 0 Å². The summed E-state index contributed by atoms with van der Waals surface area (Å²) in [6.45, 7) is 3.73. The van der Waals surface area contributed by atoms with Crippen LogP contribution < -0.4 is 5.73 Å². The number of phosphoric acid groups is 1. The molecule has 0 saturated heterocycles. The molecule has 2 atom stereocenters. The molecule has 0 fully saturated rings. The summed E-state index contributed by atoms with van der Waals surface area (Å²) < 4.78 is 32.9. The molecule has 336 valence electrons. The summed E-state index contributed by atoms with van der Waals surface area (Å²) in [7, 11) is -4.38. The highest BCUT2D eigenvalue weighted by Gasteiger charge is 2.26. The molecule has 0 aromatic rings. The van der Waals surface area contributed by atoms with Crippen LogP contribution in [-0.2, 0) is 32.7 Å². The van der Waals surface area contributed by atoms with Gasteiger partial charge in [-0.15, -0.1) is 0 Å². The predicted octanol–water partition coefficient (Wildman–Crippen LogP) is 13.9. The van der Waals surface area contributed by atoms with Crippen molar-refractivity contribution in [1.29, 1.82) is 0 Å². The van der Waals surface area contributed by atoms with E-state index < -0.39 is 26.5 Å². The van der Waals surface area contributed by atoms with E-state index in [2.05, 4.69) is 38.2 Å². The van der Waals surface area contributed by atoms with Crippen LogP contribution in [0.3, 0.4) is 0 Å². The van der Waals surface area contributed by atoms with Crippen LogP contribution in [0.2, 0.25) is 0 Å². The first-order valence-corrected chi connectivity index (χ1v) is 25.3. The lowest BCUT2D eigenvalue weighted by Crippen LogP contribution is -2.29. The van der Waals surface area contributed by atoms with E-state index in [0.29, 0.717) is 6.42 Å². The standard InChI is InChI=1S/C47H90NO8P/c1-3-5-7-9-11-13-15-17-19-20-21-22-23-24-26-28-30-32-34-36-38-40-47(50)56-45(44-55-57(51,52)54-42-41-48)43-53-46(49)39-37-35-33-31-29-27-25-18-16-14-12-10-8-6-4-2/h10,12,17,19,45H,3-9,11,13-16,18,20-44,48H2,1-2H3,(H,51,52)/b12-10+,19-17+/t45-/m1/s1. The molecule has 0 bridgehead atoms. The number of rotatable bonds is 45. The van der Waals surface area contributed by atoms with E-state index in [0.717, 1.165) is 38.5 Å². The average molecular weight is 828 g/mol. The summed E-state index contributed by atoms with van der Waals surface area (Å²) in [5.41, 5.74) is 5.36. The fourth-order valence-electron chi connectivity index (χ4n) is 6.73. The molecule has 9 nitrogen and oxygen atoms in total. The number of nitrogens with two attached hydrogens (primary N) is 1. The first-order valence-electron chi connectivity index (χ1n) is 23.8. The SMILES string of the molecule is CCCC/C=C/CCCCCCCCCCCC(=O)OC[C@H](COP(=O)(O)OCCN)OC(=O)CCCCCCCCCCCCC/C=C/CCCCCCCC. The van der Waals surface area contributed by atoms with Crippen molar-refractivity contribution in [1.82, 2.24) is 0 Å². The average Bonchev–Trinajstić information content (AvgIpc) is 3.20. The number of hydrogen-bond acceptors (Lipinski definition) is 8. The second-order valence-corrected chi connectivity index (χ2v) is 17.4. The van der Waals surface area contributed by atoms with Gasteiger partial charge in [-0.1, -0.05) is 186 Å². The van der Waals surface area contributed by atoms with E-state index in [1.165, 1.54) is 161 Å². The topological polar surface area (TPSA) is 134 Å². The third-order valence-corrected chi connectivity index (χ3v) is 11.3. The minimum absolute atomic E-state index is 0.0545. The van der Waals surface area contributed by atoms with E-state index in [9.17, 15) is 19.0 Å². The molecule has 0 aromatic carbocycles. The molecule has 0 amide bonds. The number of carbonyl (C=O) groups excluding carboxylic acids is 2. The highest BCUT2D eigenvalue weighted by atomic mass is 31.2. The zero-order chi connectivity index (χ0) is 41.8. The first kappa shape index (κ1) is 55.5. The molecule has 3 N–H and O–H groups in total. The van der Waals surface area contributed by atoms with Crippen molar-refractivity contribution in [3.8, 4) is 0 Å². The molecule has 1 unspecified atom stereocenters. The highest BCUT2D eigenvalue weighted by Crippen LogP contribution is 2.43. The van der Waals surface area contributed by atoms with Gasteiger partial charge in [-0.25, -0.2) is 4.57 Å². The molecule has 0 aliphatic carbocycles. The van der Waals surface area contributed by atoms with Gasteiger partial charge in [0.05, 0.1) is 13.2 Å². The summed E-state index contributed by atoms with van der Waals surface area (Å²) in [6.07, 6.45) is 47.8. The number of esters is 2. The van der Waals surface area contributed by atoms with Gasteiger partial charge >= 0.3 is 19.8 Å². The van der Waals surface area contributed by atoms with E-state index in [1.54, 1.807) is 0 Å². The Bertz CT molecular complexity index is 990. The van der Waals surface area contributed by atoms with Crippen LogP contribution in [0.25, 0.3) is 0 Å². The van der Waals surface area contributed by atoms with Gasteiger partial charge in [0.2, 0.25) is 0 Å². The van der Waals surface area contributed by atoms with Crippen LogP contribution in [-0.4, -0.2) is 49.3 Å². The van der Waals surface area contributed by atoms with Crippen molar-refractivity contribution in [2.75, 3.05) is 26.4 Å². The van der Waals surface area contributed by atoms with Crippen molar-refractivity contribution in [3.05, 3.63) is 24.3 Å². The Labute approximate surface area is 351 Å². The number of allylic oxidation sites excluding steroid dienone is 4. The Morgan fingerprint density at radius 3 is 1.30 bits per heavy atom. The lowest BCUT2D eigenvalue weighted by Gasteiger charge is -2.19. The van der Waals surface area contributed by atoms with Gasteiger partial charge < -0.3 is 20.1 Å². The van der Waals surface area contributed by atoms with Gasteiger partial charge in [-0.3, -0.25) is 18.6 Å². The smallest absolute Gasteiger partial charge is 0.462 e. The quantitative estimate of drug-likeness (QED) is 0.0266. The predicted molar refractivity (Wildman–Crippen MR) is 238 cm³/mol. The molecule has 0 aromatic heterocycles. The van der Waals surface area contributed by atoms with Crippen LogP contribution >= 0.6 is 7.82 Å². The van der Waals surface area contributed by atoms with Crippen molar-refractivity contribution in [2.45, 2.75) is 238 Å². The summed E-state index contributed by atoms with van der Waals surface area (Å²) in [4.78, 5) is 34.9. The van der Waals surface area contributed by atoms with Crippen molar-refractivity contribution in [2.24, 2.45) is 5.73 Å². The Balaban J connectivity index is 4.05. The monoisotopic (exact) mass is 828 g/mol. The second kappa shape index (κ2) is 44.1. The van der Waals surface area contributed by atoms with Crippen molar-refractivity contribution >= 4 is 19.8 Å². The van der Waals surface area contributed by atoms with E-state index in [4.69, 9.17) is 24.3 Å². The fraction of sp³-hybridized carbons (Fsp3) is 0.872. The Kier molecular flexibility index (Phi) is 42.9. The van der Waals surface area contributed by atoms with Gasteiger partial charge in [0.15, 0.2) is 6.10 Å². The summed E-state index contributed by atoms with van der Waals surface area (Å²) >= 11 is 0. The summed E-state index contributed by atoms with van der Waals surface area (Å²) in [5, 5.41) is 0. The van der Waals surface area contributed by atoms with E-state index >= 15 is 0 Å². The van der Waals surface area contributed by atoms with E-state index in [-0.39, 0.29) is 38.6 Å². The normalized spacial score (nSPS) is 13.4. The van der Waals surface area contributed by atoms with Gasteiger partial charge in [0.1, 0.15) is 6.61 Å². The zero-order valence-corrected chi connectivity index (χ0v) is 38.0. The third-order valence-electron chi connectivity index (χ3n) is 10.3. The number of hydrogen-bond donors (Lipinski definition) is 2. The van der Waals surface area contributed by atoms with Gasteiger partial charge in [-0.2, -0.15) is 0 Å². The number of carbonyl (C=O) groups is 2. The van der Waals surface area contributed by atoms with Gasteiger partial charge in [0, 0.05) is 19.4 Å². The molecule has 0 aliphatic rings. The molecule has 0 radical (unpaired) electrons. The maximum absolute atomic E-state index is 12.6. The van der Waals surface area contributed by atoms with Gasteiger partial charge in [0.25, 0.3) is 0 Å². The molecule has 0 rings (SSSR count). The van der Waals surface area contributed by atoms with Crippen molar-refractivity contribution < 1.29 is 37.6 Å². The highest BCUT2D eigenvalue weighted by molar-refractivity contribution is 7.47. The number of ether oxygens (including phenoxy) is 2. The number of unbranched alkanes of at least 4 members (excludes halogenated alkanes) is 28. The molecular formula is C47H90NO8P. The maximum Gasteiger partial charge on any atom is 0.472 e. The largest absolute Gasteiger partial charge is 0.472 e. The second-order valence-electron chi connectivity index (χ2n) is 16.0. The summed E-state index contributed by atoms with van der Waals surface area (Å²) in [6, 6.07) is 0. The van der Waals surface area contributed by atoms with Gasteiger partial charge in [-0.05, 0) is 57.8 Å².